The zero-order valence-corrected chi connectivity index (χ0v) is 15.9. The first-order valence-corrected chi connectivity index (χ1v) is 10.3. The lowest BCUT2D eigenvalue weighted by Crippen LogP contribution is -2.50. The van der Waals surface area contributed by atoms with E-state index in [0.717, 1.165) is 50.6 Å². The molecule has 2 aromatic carbocycles. The van der Waals surface area contributed by atoms with Gasteiger partial charge in [0, 0.05) is 37.6 Å². The van der Waals surface area contributed by atoms with Crippen molar-refractivity contribution >= 4 is 17.7 Å². The van der Waals surface area contributed by atoms with Crippen molar-refractivity contribution in [2.24, 2.45) is 0 Å². The van der Waals surface area contributed by atoms with Gasteiger partial charge in [-0.15, -0.1) is 11.8 Å². The maximum atomic E-state index is 12.9. The molecule has 0 bridgehead atoms. The van der Waals surface area contributed by atoms with Crippen LogP contribution in [0.3, 0.4) is 0 Å². The number of carbonyl (C=O) groups excluding carboxylic acids is 1. The number of rotatable bonds is 3. The molecule has 1 atom stereocenters. The van der Waals surface area contributed by atoms with E-state index in [1.54, 1.807) is 11.8 Å². The number of piperazine rings is 1. The SMILES string of the molecule is O=C([C@H]1Cc2ccccc2S1)N1CCN(Cc2ccc3c(c2)OCO3)CC1. The zero-order valence-electron chi connectivity index (χ0n) is 15.1. The molecule has 1 saturated heterocycles. The normalized spacial score (nSPS) is 21.3. The van der Waals surface area contributed by atoms with E-state index >= 15 is 0 Å². The number of thioether (sulfide) groups is 1. The molecule has 1 fully saturated rings. The summed E-state index contributed by atoms with van der Waals surface area (Å²) in [6.07, 6.45) is 0.858. The minimum Gasteiger partial charge on any atom is -0.454 e. The van der Waals surface area contributed by atoms with Crippen molar-refractivity contribution in [1.82, 2.24) is 9.80 Å². The summed E-state index contributed by atoms with van der Waals surface area (Å²) < 4.78 is 10.8. The van der Waals surface area contributed by atoms with Crippen molar-refractivity contribution in [3.05, 3.63) is 53.6 Å². The Balaban J connectivity index is 1.16. The lowest BCUT2D eigenvalue weighted by Gasteiger charge is -2.35. The first-order valence-electron chi connectivity index (χ1n) is 9.40. The fraction of sp³-hybridized carbons (Fsp3) is 0.381. The average Bonchev–Trinajstić information content (AvgIpc) is 3.34. The Hall–Kier alpha value is -2.18. The predicted octanol–water partition coefficient (Wildman–Crippen LogP) is 2.78. The number of benzene rings is 2. The van der Waals surface area contributed by atoms with E-state index in [4.69, 9.17) is 9.47 Å². The molecule has 3 aliphatic heterocycles. The van der Waals surface area contributed by atoms with Crippen LogP contribution in [0.1, 0.15) is 11.1 Å². The number of carbonyl (C=O) groups is 1. The van der Waals surface area contributed by atoms with Crippen LogP contribution in [0, 0.1) is 0 Å². The quantitative estimate of drug-likeness (QED) is 0.817. The van der Waals surface area contributed by atoms with Crippen LogP contribution < -0.4 is 9.47 Å². The van der Waals surface area contributed by atoms with Gasteiger partial charge in [0.05, 0.1) is 5.25 Å². The number of nitrogens with zero attached hydrogens (tertiary/aromatic N) is 2. The highest BCUT2D eigenvalue weighted by Crippen LogP contribution is 2.38. The Kier molecular flexibility index (Phi) is 4.45. The fourth-order valence-corrected chi connectivity index (χ4v) is 5.23. The summed E-state index contributed by atoms with van der Waals surface area (Å²) in [5.41, 5.74) is 2.53. The highest BCUT2D eigenvalue weighted by molar-refractivity contribution is 8.01. The third kappa shape index (κ3) is 3.39. The molecule has 3 aliphatic rings. The molecule has 6 heteroatoms. The Bertz CT molecular complexity index is 839. The summed E-state index contributed by atoms with van der Waals surface area (Å²) >= 11 is 1.72. The molecule has 140 valence electrons. The highest BCUT2D eigenvalue weighted by Gasteiger charge is 2.32. The Morgan fingerprint density at radius 1 is 1.04 bits per heavy atom. The van der Waals surface area contributed by atoms with Crippen LogP contribution >= 0.6 is 11.8 Å². The van der Waals surface area contributed by atoms with Gasteiger partial charge in [-0.05, 0) is 35.7 Å². The summed E-state index contributed by atoms with van der Waals surface area (Å²) in [7, 11) is 0. The van der Waals surface area contributed by atoms with Crippen molar-refractivity contribution in [3.8, 4) is 11.5 Å². The van der Waals surface area contributed by atoms with Crippen LogP contribution in [-0.4, -0.2) is 53.9 Å². The van der Waals surface area contributed by atoms with Crippen LogP contribution in [0.5, 0.6) is 11.5 Å². The zero-order chi connectivity index (χ0) is 18.2. The predicted molar refractivity (Wildman–Crippen MR) is 104 cm³/mol. The van der Waals surface area contributed by atoms with Gasteiger partial charge in [0.25, 0.3) is 0 Å². The molecule has 0 saturated carbocycles. The van der Waals surface area contributed by atoms with Gasteiger partial charge in [-0.1, -0.05) is 24.3 Å². The maximum Gasteiger partial charge on any atom is 0.236 e. The molecule has 0 spiro atoms. The third-order valence-electron chi connectivity index (χ3n) is 5.45. The number of hydrogen-bond acceptors (Lipinski definition) is 5. The number of hydrogen-bond donors (Lipinski definition) is 0. The molecule has 0 N–H and O–H groups in total. The fourth-order valence-electron chi connectivity index (χ4n) is 3.95. The van der Waals surface area contributed by atoms with Gasteiger partial charge in [0.15, 0.2) is 11.5 Å². The van der Waals surface area contributed by atoms with Crippen LogP contribution in [0.25, 0.3) is 0 Å². The van der Waals surface area contributed by atoms with Crippen molar-refractivity contribution < 1.29 is 14.3 Å². The molecular weight excluding hydrogens is 360 g/mol. The van der Waals surface area contributed by atoms with Crippen molar-refractivity contribution in [2.45, 2.75) is 23.1 Å². The first-order chi connectivity index (χ1) is 13.3. The van der Waals surface area contributed by atoms with Crippen molar-refractivity contribution in [3.63, 3.8) is 0 Å². The molecule has 27 heavy (non-hydrogen) atoms. The van der Waals surface area contributed by atoms with Gasteiger partial charge in [-0.25, -0.2) is 0 Å². The lowest BCUT2D eigenvalue weighted by molar-refractivity contribution is -0.132. The topological polar surface area (TPSA) is 42.0 Å². The second-order valence-corrected chi connectivity index (χ2v) is 8.45. The minimum atomic E-state index is 0.0443. The molecule has 3 heterocycles. The van der Waals surface area contributed by atoms with E-state index < -0.39 is 0 Å². The van der Waals surface area contributed by atoms with E-state index in [9.17, 15) is 4.79 Å². The number of amides is 1. The van der Waals surface area contributed by atoms with Crippen LogP contribution in [-0.2, 0) is 17.8 Å². The molecule has 0 unspecified atom stereocenters. The van der Waals surface area contributed by atoms with E-state index in [2.05, 4.69) is 35.2 Å². The third-order valence-corrected chi connectivity index (χ3v) is 6.75. The van der Waals surface area contributed by atoms with Gasteiger partial charge < -0.3 is 14.4 Å². The van der Waals surface area contributed by atoms with Gasteiger partial charge in [-0.3, -0.25) is 9.69 Å². The largest absolute Gasteiger partial charge is 0.454 e. The second kappa shape index (κ2) is 7.09. The first kappa shape index (κ1) is 17.0. The van der Waals surface area contributed by atoms with Gasteiger partial charge in [-0.2, -0.15) is 0 Å². The number of fused-ring (bicyclic) bond motifs is 2. The van der Waals surface area contributed by atoms with Gasteiger partial charge in [0.1, 0.15) is 0 Å². The maximum absolute atomic E-state index is 12.9. The minimum absolute atomic E-state index is 0.0443. The number of ether oxygens (including phenoxy) is 2. The lowest BCUT2D eigenvalue weighted by atomic mass is 10.1. The van der Waals surface area contributed by atoms with E-state index in [0.29, 0.717) is 12.7 Å². The molecule has 0 aliphatic carbocycles. The summed E-state index contributed by atoms with van der Waals surface area (Å²) in [4.78, 5) is 18.6. The Labute approximate surface area is 163 Å². The monoisotopic (exact) mass is 382 g/mol. The Morgan fingerprint density at radius 2 is 1.85 bits per heavy atom. The summed E-state index contributed by atoms with van der Waals surface area (Å²) in [6.45, 7) is 4.60. The summed E-state index contributed by atoms with van der Waals surface area (Å²) in [6, 6.07) is 14.5. The van der Waals surface area contributed by atoms with Gasteiger partial charge in [0.2, 0.25) is 12.7 Å². The smallest absolute Gasteiger partial charge is 0.236 e. The van der Waals surface area contributed by atoms with Crippen LogP contribution in [0.4, 0.5) is 0 Å². The van der Waals surface area contributed by atoms with E-state index in [1.807, 2.05) is 17.0 Å². The average molecular weight is 382 g/mol. The standard InChI is InChI=1S/C21H22N2O3S/c24-21(20-12-16-3-1-2-4-19(16)27-20)23-9-7-22(8-10-23)13-15-5-6-17-18(11-15)26-14-25-17/h1-6,11,20H,7-10,12-14H2/t20-/m1/s1. The molecule has 5 rings (SSSR count). The van der Waals surface area contributed by atoms with Crippen molar-refractivity contribution in [1.29, 1.82) is 0 Å². The van der Waals surface area contributed by atoms with Crippen LogP contribution in [0.15, 0.2) is 47.4 Å². The molecule has 0 aromatic heterocycles. The summed E-state index contributed by atoms with van der Waals surface area (Å²) in [5.74, 6) is 1.95. The Morgan fingerprint density at radius 3 is 2.70 bits per heavy atom. The molecule has 5 nitrogen and oxygen atoms in total. The van der Waals surface area contributed by atoms with Gasteiger partial charge >= 0.3 is 0 Å². The molecule has 0 radical (unpaired) electrons. The molecule has 2 aromatic rings. The summed E-state index contributed by atoms with van der Waals surface area (Å²) in [5, 5.41) is 0.0443. The molecular formula is C21H22N2O3S. The van der Waals surface area contributed by atoms with E-state index in [-0.39, 0.29) is 5.25 Å². The van der Waals surface area contributed by atoms with Crippen LogP contribution in [0.2, 0.25) is 0 Å². The molecule has 1 amide bonds. The van der Waals surface area contributed by atoms with Crippen molar-refractivity contribution in [2.75, 3.05) is 33.0 Å². The highest BCUT2D eigenvalue weighted by atomic mass is 32.2. The van der Waals surface area contributed by atoms with E-state index in [1.165, 1.54) is 16.0 Å². The second-order valence-electron chi connectivity index (χ2n) is 7.21.